The Balaban J connectivity index is 2.22. The number of aryl methyl sites for hydroxylation is 1. The Morgan fingerprint density at radius 1 is 1.30 bits per heavy atom. The van der Waals surface area contributed by atoms with E-state index in [9.17, 15) is 4.79 Å². The van der Waals surface area contributed by atoms with Crippen LogP contribution in [0.25, 0.3) is 0 Å². The summed E-state index contributed by atoms with van der Waals surface area (Å²) in [6.07, 6.45) is 3.67. The Labute approximate surface area is 124 Å². The molecule has 0 spiro atoms. The minimum Gasteiger partial charge on any atom is -0.308 e. The Morgan fingerprint density at radius 3 is 2.70 bits per heavy atom. The van der Waals surface area contributed by atoms with Crippen LogP contribution >= 0.6 is 15.9 Å². The zero-order valence-electron chi connectivity index (χ0n) is 10.7. The lowest BCUT2D eigenvalue weighted by Crippen LogP contribution is -2.16. The number of hydrogen-bond donors (Lipinski definition) is 3. The van der Waals surface area contributed by atoms with Crippen molar-refractivity contribution >= 4 is 33.5 Å². The highest BCUT2D eigenvalue weighted by Gasteiger charge is 2.10. The van der Waals surface area contributed by atoms with Gasteiger partial charge < -0.3 is 10.7 Å². The molecule has 0 atom stereocenters. The summed E-state index contributed by atoms with van der Waals surface area (Å²) in [4.78, 5) is 24.4. The maximum atomic E-state index is 12.1. The summed E-state index contributed by atoms with van der Waals surface area (Å²) < 4.78 is 0.599. The number of pyridine rings is 1. The molecule has 0 saturated heterocycles. The SMILES string of the molecule is CCc1cc(C(=O)Nc2cnc(Br)cn2)cc(NN)n1. The maximum Gasteiger partial charge on any atom is 0.257 e. The van der Waals surface area contributed by atoms with Crippen molar-refractivity contribution in [1.29, 1.82) is 0 Å². The molecule has 0 radical (unpaired) electrons. The number of nitrogens with two attached hydrogens (primary N) is 1. The molecule has 0 aliphatic rings. The molecule has 4 N–H and O–H groups in total. The maximum absolute atomic E-state index is 12.1. The van der Waals surface area contributed by atoms with E-state index >= 15 is 0 Å². The van der Waals surface area contributed by atoms with E-state index in [-0.39, 0.29) is 5.91 Å². The molecule has 104 valence electrons. The number of halogens is 1. The number of nitrogen functional groups attached to an aromatic ring is 1. The van der Waals surface area contributed by atoms with Gasteiger partial charge in [-0.15, -0.1) is 0 Å². The van der Waals surface area contributed by atoms with Crippen LogP contribution in [0.2, 0.25) is 0 Å². The van der Waals surface area contributed by atoms with Crippen molar-refractivity contribution in [3.8, 4) is 0 Å². The molecule has 0 aliphatic heterocycles. The fraction of sp³-hybridized carbons (Fsp3) is 0.167. The zero-order valence-corrected chi connectivity index (χ0v) is 12.3. The summed E-state index contributed by atoms with van der Waals surface area (Å²) in [5.41, 5.74) is 3.67. The van der Waals surface area contributed by atoms with E-state index in [0.717, 1.165) is 5.69 Å². The number of aromatic nitrogens is 3. The van der Waals surface area contributed by atoms with Gasteiger partial charge in [0.25, 0.3) is 5.91 Å². The molecular formula is C12H13BrN6O. The molecule has 8 heteroatoms. The van der Waals surface area contributed by atoms with Gasteiger partial charge in [-0.3, -0.25) is 4.79 Å². The Morgan fingerprint density at radius 2 is 2.10 bits per heavy atom. The first-order chi connectivity index (χ1) is 9.62. The standard InChI is InChI=1S/C12H13BrN6O/c1-2-8-3-7(4-10(17-8)19-14)12(20)18-11-6-15-9(13)5-16-11/h3-6H,2,14H2,1H3,(H,17,19)(H,16,18,20). The predicted molar refractivity (Wildman–Crippen MR) is 79.1 cm³/mol. The molecule has 7 nitrogen and oxygen atoms in total. The molecule has 0 aliphatic carbocycles. The van der Waals surface area contributed by atoms with Gasteiger partial charge >= 0.3 is 0 Å². The lowest BCUT2D eigenvalue weighted by molar-refractivity contribution is 0.102. The van der Waals surface area contributed by atoms with Crippen LogP contribution in [0.15, 0.2) is 29.1 Å². The third-order valence-corrected chi connectivity index (χ3v) is 2.92. The van der Waals surface area contributed by atoms with Gasteiger partial charge in [0.15, 0.2) is 5.82 Å². The van der Waals surface area contributed by atoms with E-state index in [1.54, 1.807) is 12.1 Å². The van der Waals surface area contributed by atoms with E-state index in [1.165, 1.54) is 12.4 Å². The van der Waals surface area contributed by atoms with Crippen LogP contribution in [-0.2, 0) is 6.42 Å². The molecular weight excluding hydrogens is 324 g/mol. The van der Waals surface area contributed by atoms with Gasteiger partial charge in [-0.1, -0.05) is 6.92 Å². The van der Waals surface area contributed by atoms with Crippen LogP contribution in [0.3, 0.4) is 0 Å². The van der Waals surface area contributed by atoms with Crippen LogP contribution < -0.4 is 16.6 Å². The highest BCUT2D eigenvalue weighted by molar-refractivity contribution is 9.10. The van der Waals surface area contributed by atoms with Crippen LogP contribution in [0.4, 0.5) is 11.6 Å². The number of rotatable bonds is 4. The largest absolute Gasteiger partial charge is 0.308 e. The van der Waals surface area contributed by atoms with Crippen molar-refractivity contribution in [2.75, 3.05) is 10.7 Å². The van der Waals surface area contributed by atoms with Crippen molar-refractivity contribution in [2.45, 2.75) is 13.3 Å². The Bertz CT molecular complexity index is 594. The summed E-state index contributed by atoms with van der Waals surface area (Å²) in [7, 11) is 0. The molecule has 2 aromatic rings. The smallest absolute Gasteiger partial charge is 0.257 e. The number of hydrazine groups is 1. The van der Waals surface area contributed by atoms with Crippen LogP contribution in [0.1, 0.15) is 23.0 Å². The first kappa shape index (κ1) is 14.4. The number of anilines is 2. The minimum absolute atomic E-state index is 0.296. The topological polar surface area (TPSA) is 106 Å². The monoisotopic (exact) mass is 336 g/mol. The third-order valence-electron chi connectivity index (χ3n) is 2.51. The summed E-state index contributed by atoms with van der Waals surface area (Å²) in [5, 5.41) is 2.66. The second-order valence-electron chi connectivity index (χ2n) is 3.91. The van der Waals surface area contributed by atoms with Gasteiger partial charge in [0, 0.05) is 11.3 Å². The number of nitrogens with zero attached hydrogens (tertiary/aromatic N) is 3. The lowest BCUT2D eigenvalue weighted by atomic mass is 10.2. The molecule has 1 amide bonds. The van der Waals surface area contributed by atoms with Crippen LogP contribution in [-0.4, -0.2) is 20.9 Å². The van der Waals surface area contributed by atoms with Crippen molar-refractivity contribution in [3.05, 3.63) is 40.4 Å². The van der Waals surface area contributed by atoms with Gasteiger partial charge in [-0.2, -0.15) is 0 Å². The number of nitrogens with one attached hydrogen (secondary N) is 2. The Hall–Kier alpha value is -2.06. The van der Waals surface area contributed by atoms with Crippen molar-refractivity contribution in [1.82, 2.24) is 15.0 Å². The molecule has 20 heavy (non-hydrogen) atoms. The molecule has 2 aromatic heterocycles. The second kappa shape index (κ2) is 6.40. The number of amides is 1. The predicted octanol–water partition coefficient (Wildman–Crippen LogP) is 1.73. The summed E-state index contributed by atoms with van der Waals surface area (Å²) >= 11 is 3.18. The molecule has 2 heterocycles. The first-order valence-electron chi connectivity index (χ1n) is 5.89. The summed E-state index contributed by atoms with van der Waals surface area (Å²) in [6, 6.07) is 3.28. The molecule has 0 fully saturated rings. The van der Waals surface area contributed by atoms with Gasteiger partial charge in [-0.05, 0) is 34.5 Å². The minimum atomic E-state index is -0.296. The molecule has 0 unspecified atom stereocenters. The van der Waals surface area contributed by atoms with Crippen LogP contribution in [0.5, 0.6) is 0 Å². The van der Waals surface area contributed by atoms with Gasteiger partial charge in [0.05, 0.1) is 12.4 Å². The van der Waals surface area contributed by atoms with Crippen molar-refractivity contribution < 1.29 is 4.79 Å². The van der Waals surface area contributed by atoms with E-state index in [1.807, 2.05) is 6.92 Å². The molecule has 0 aromatic carbocycles. The number of carbonyl (C=O) groups is 1. The fourth-order valence-electron chi connectivity index (χ4n) is 1.54. The van der Waals surface area contributed by atoms with Crippen molar-refractivity contribution in [2.24, 2.45) is 5.84 Å². The summed E-state index contributed by atoms with van der Waals surface area (Å²) in [6.45, 7) is 1.95. The average molecular weight is 337 g/mol. The van der Waals surface area contributed by atoms with E-state index in [2.05, 4.69) is 41.6 Å². The molecule has 2 rings (SSSR count). The van der Waals surface area contributed by atoms with E-state index in [4.69, 9.17) is 5.84 Å². The average Bonchev–Trinajstić information content (AvgIpc) is 2.48. The Kier molecular flexibility index (Phi) is 4.59. The zero-order chi connectivity index (χ0) is 14.5. The van der Waals surface area contributed by atoms with Gasteiger partial charge in [0.2, 0.25) is 0 Å². The van der Waals surface area contributed by atoms with Gasteiger partial charge in [-0.25, -0.2) is 20.8 Å². The van der Waals surface area contributed by atoms with Crippen LogP contribution in [0, 0.1) is 0 Å². The first-order valence-corrected chi connectivity index (χ1v) is 6.68. The van der Waals surface area contributed by atoms with Gasteiger partial charge in [0.1, 0.15) is 10.4 Å². The summed E-state index contributed by atoms with van der Waals surface area (Å²) in [5.74, 6) is 5.86. The normalized spacial score (nSPS) is 10.2. The highest BCUT2D eigenvalue weighted by atomic mass is 79.9. The number of carbonyl (C=O) groups excluding carboxylic acids is 1. The lowest BCUT2D eigenvalue weighted by Gasteiger charge is -2.08. The van der Waals surface area contributed by atoms with E-state index in [0.29, 0.717) is 28.2 Å². The molecule has 0 bridgehead atoms. The highest BCUT2D eigenvalue weighted by Crippen LogP contribution is 2.13. The van der Waals surface area contributed by atoms with Crippen molar-refractivity contribution in [3.63, 3.8) is 0 Å². The number of hydrogen-bond acceptors (Lipinski definition) is 6. The third kappa shape index (κ3) is 3.49. The quantitative estimate of drug-likeness (QED) is 0.580. The molecule has 0 saturated carbocycles. The van der Waals surface area contributed by atoms with E-state index < -0.39 is 0 Å². The fourth-order valence-corrected chi connectivity index (χ4v) is 1.74. The second-order valence-corrected chi connectivity index (χ2v) is 4.72.